The number of carbonyl (C=O) groups is 1. The Kier molecular flexibility index (Phi) is 4.25. The van der Waals surface area contributed by atoms with E-state index in [1.54, 1.807) is 18.5 Å². The molecule has 3 aromatic rings. The Labute approximate surface area is 132 Å². The fraction of sp³-hybridized carbons (Fsp3) is 0.125. The maximum absolute atomic E-state index is 11.8. The number of pyridine rings is 1. The number of hydrogen-bond donors (Lipinski definition) is 2. The molecule has 2 aromatic heterocycles. The summed E-state index contributed by atoms with van der Waals surface area (Å²) in [6.45, 7) is 0.508. The average Bonchev–Trinajstić information content (AvgIpc) is 2.95. The Hall–Kier alpha value is -2.53. The van der Waals surface area contributed by atoms with Gasteiger partial charge in [0.25, 0.3) is 0 Å². The van der Waals surface area contributed by atoms with E-state index in [0.717, 1.165) is 22.2 Å². The molecule has 0 saturated carbocycles. The molecule has 6 heteroatoms. The van der Waals surface area contributed by atoms with Gasteiger partial charge in [0.15, 0.2) is 0 Å². The molecule has 22 heavy (non-hydrogen) atoms. The van der Waals surface area contributed by atoms with E-state index in [-0.39, 0.29) is 6.61 Å². The number of carbonyl (C=O) groups excluding carboxylic acids is 1. The summed E-state index contributed by atoms with van der Waals surface area (Å²) < 4.78 is 5.22. The Morgan fingerprint density at radius 3 is 2.95 bits per heavy atom. The highest BCUT2D eigenvalue weighted by atomic mass is 35.5. The minimum Gasteiger partial charge on any atom is -0.445 e. The second kappa shape index (κ2) is 6.49. The van der Waals surface area contributed by atoms with Crippen LogP contribution in [-0.2, 0) is 17.9 Å². The molecule has 0 atom stereocenters. The van der Waals surface area contributed by atoms with Gasteiger partial charge in [-0.1, -0.05) is 29.8 Å². The zero-order chi connectivity index (χ0) is 15.4. The Bertz CT molecular complexity index is 801. The topological polar surface area (TPSA) is 67.0 Å². The van der Waals surface area contributed by atoms with Crippen LogP contribution < -0.4 is 5.32 Å². The Morgan fingerprint density at radius 1 is 1.23 bits per heavy atom. The minimum absolute atomic E-state index is 0.181. The standard InChI is InChI=1S/C16H14ClN3O2/c17-14-6-2-1-4-11(14)8-20-16(21)22-10-12-9-19-15-13(12)5-3-7-18-15/h1-7,9H,8,10H2,(H,18,19)(H,20,21). The highest BCUT2D eigenvalue weighted by molar-refractivity contribution is 6.31. The third-order valence-corrected chi connectivity index (χ3v) is 3.65. The van der Waals surface area contributed by atoms with Crippen molar-refractivity contribution in [2.45, 2.75) is 13.2 Å². The zero-order valence-corrected chi connectivity index (χ0v) is 12.4. The summed E-state index contributed by atoms with van der Waals surface area (Å²) in [7, 11) is 0. The number of nitrogens with one attached hydrogen (secondary N) is 2. The Morgan fingerprint density at radius 2 is 2.09 bits per heavy atom. The van der Waals surface area contributed by atoms with Crippen molar-refractivity contribution in [1.82, 2.24) is 15.3 Å². The van der Waals surface area contributed by atoms with Gasteiger partial charge in [0.2, 0.25) is 0 Å². The number of halogens is 1. The van der Waals surface area contributed by atoms with Gasteiger partial charge >= 0.3 is 6.09 Å². The molecule has 2 N–H and O–H groups in total. The van der Waals surface area contributed by atoms with Crippen molar-refractivity contribution < 1.29 is 9.53 Å². The number of ether oxygens (including phenoxy) is 1. The molecule has 1 amide bonds. The van der Waals surface area contributed by atoms with E-state index in [1.165, 1.54) is 0 Å². The number of amides is 1. The summed E-state index contributed by atoms with van der Waals surface area (Å²) in [6.07, 6.45) is 3.01. The average molecular weight is 316 g/mol. The number of H-pyrrole nitrogens is 1. The van der Waals surface area contributed by atoms with E-state index in [4.69, 9.17) is 16.3 Å². The van der Waals surface area contributed by atoms with E-state index < -0.39 is 6.09 Å². The van der Waals surface area contributed by atoms with Crippen LogP contribution in [-0.4, -0.2) is 16.1 Å². The van der Waals surface area contributed by atoms with Crippen molar-refractivity contribution in [3.05, 3.63) is 64.9 Å². The van der Waals surface area contributed by atoms with Gasteiger partial charge in [0, 0.05) is 34.9 Å². The summed E-state index contributed by atoms with van der Waals surface area (Å²) in [6, 6.07) is 11.1. The summed E-state index contributed by atoms with van der Waals surface area (Å²) >= 11 is 6.03. The quantitative estimate of drug-likeness (QED) is 0.772. The van der Waals surface area contributed by atoms with Gasteiger partial charge in [-0.05, 0) is 23.8 Å². The van der Waals surface area contributed by atoms with Gasteiger partial charge in [-0.15, -0.1) is 0 Å². The van der Waals surface area contributed by atoms with E-state index in [9.17, 15) is 4.79 Å². The number of aromatic amines is 1. The lowest BCUT2D eigenvalue weighted by Gasteiger charge is -2.07. The summed E-state index contributed by atoms with van der Waals surface area (Å²) in [5, 5.41) is 4.24. The highest BCUT2D eigenvalue weighted by Gasteiger charge is 2.08. The molecule has 112 valence electrons. The lowest BCUT2D eigenvalue weighted by Crippen LogP contribution is -2.23. The normalized spacial score (nSPS) is 10.6. The van der Waals surface area contributed by atoms with Crippen molar-refractivity contribution in [1.29, 1.82) is 0 Å². The van der Waals surface area contributed by atoms with Gasteiger partial charge in [-0.25, -0.2) is 9.78 Å². The summed E-state index contributed by atoms with van der Waals surface area (Å²) in [5.74, 6) is 0. The molecule has 0 saturated heterocycles. The van der Waals surface area contributed by atoms with Crippen molar-refractivity contribution in [2.75, 3.05) is 0 Å². The first-order valence-electron chi connectivity index (χ1n) is 6.79. The molecule has 0 fully saturated rings. The second-order valence-electron chi connectivity index (χ2n) is 4.73. The van der Waals surface area contributed by atoms with Crippen LogP contribution in [0.15, 0.2) is 48.8 Å². The zero-order valence-electron chi connectivity index (χ0n) is 11.7. The molecule has 0 aliphatic carbocycles. The second-order valence-corrected chi connectivity index (χ2v) is 5.14. The highest BCUT2D eigenvalue weighted by Crippen LogP contribution is 2.17. The predicted octanol–water partition coefficient (Wildman–Crippen LogP) is 3.64. The largest absolute Gasteiger partial charge is 0.445 e. The molecule has 0 spiro atoms. The van der Waals surface area contributed by atoms with E-state index in [0.29, 0.717) is 11.6 Å². The number of hydrogen-bond acceptors (Lipinski definition) is 3. The van der Waals surface area contributed by atoms with Crippen LogP contribution >= 0.6 is 11.6 Å². The molecule has 1 aromatic carbocycles. The minimum atomic E-state index is -0.488. The van der Waals surface area contributed by atoms with Gasteiger partial charge in [0.05, 0.1) is 0 Å². The number of rotatable bonds is 4. The molecular weight excluding hydrogens is 302 g/mol. The smallest absolute Gasteiger partial charge is 0.407 e. The molecule has 0 radical (unpaired) electrons. The van der Waals surface area contributed by atoms with Crippen LogP contribution in [0.2, 0.25) is 5.02 Å². The summed E-state index contributed by atoms with van der Waals surface area (Å²) in [5.41, 5.74) is 2.51. The van der Waals surface area contributed by atoms with Crippen molar-refractivity contribution in [3.63, 3.8) is 0 Å². The predicted molar refractivity (Wildman–Crippen MR) is 84.6 cm³/mol. The third-order valence-electron chi connectivity index (χ3n) is 3.28. The van der Waals surface area contributed by atoms with Gasteiger partial charge in [-0.3, -0.25) is 0 Å². The maximum Gasteiger partial charge on any atom is 0.407 e. The first-order chi connectivity index (χ1) is 10.7. The van der Waals surface area contributed by atoms with Crippen molar-refractivity contribution in [3.8, 4) is 0 Å². The number of benzene rings is 1. The number of fused-ring (bicyclic) bond motifs is 1. The fourth-order valence-electron chi connectivity index (χ4n) is 2.14. The Balaban J connectivity index is 1.55. The maximum atomic E-state index is 11.8. The van der Waals surface area contributed by atoms with Crippen molar-refractivity contribution >= 4 is 28.7 Å². The molecule has 2 heterocycles. The lowest BCUT2D eigenvalue weighted by molar-refractivity contribution is 0.139. The van der Waals surface area contributed by atoms with Gasteiger partial charge in [0.1, 0.15) is 12.3 Å². The van der Waals surface area contributed by atoms with E-state index in [2.05, 4.69) is 15.3 Å². The van der Waals surface area contributed by atoms with E-state index >= 15 is 0 Å². The van der Waals surface area contributed by atoms with Crippen LogP contribution in [0.25, 0.3) is 11.0 Å². The van der Waals surface area contributed by atoms with Gasteiger partial charge < -0.3 is 15.0 Å². The number of nitrogens with zero attached hydrogens (tertiary/aromatic N) is 1. The monoisotopic (exact) mass is 315 g/mol. The molecule has 5 nitrogen and oxygen atoms in total. The number of alkyl carbamates (subject to hydrolysis) is 1. The lowest BCUT2D eigenvalue weighted by atomic mass is 10.2. The molecular formula is C16H14ClN3O2. The van der Waals surface area contributed by atoms with Crippen LogP contribution in [0.5, 0.6) is 0 Å². The first kappa shape index (κ1) is 14.4. The fourth-order valence-corrected chi connectivity index (χ4v) is 2.34. The van der Waals surface area contributed by atoms with Crippen LogP contribution in [0.3, 0.4) is 0 Å². The van der Waals surface area contributed by atoms with Gasteiger partial charge in [-0.2, -0.15) is 0 Å². The number of aromatic nitrogens is 2. The van der Waals surface area contributed by atoms with E-state index in [1.807, 2.05) is 30.3 Å². The van der Waals surface area contributed by atoms with Crippen LogP contribution in [0, 0.1) is 0 Å². The van der Waals surface area contributed by atoms with Crippen molar-refractivity contribution in [2.24, 2.45) is 0 Å². The molecule has 0 bridgehead atoms. The molecule has 0 aliphatic rings. The SMILES string of the molecule is O=C(NCc1ccccc1Cl)OCc1c[nH]c2ncccc12. The van der Waals surface area contributed by atoms with Crippen LogP contribution in [0.1, 0.15) is 11.1 Å². The molecule has 0 aliphatic heterocycles. The molecule has 3 rings (SSSR count). The first-order valence-corrected chi connectivity index (χ1v) is 7.17. The van der Waals surface area contributed by atoms with Crippen LogP contribution in [0.4, 0.5) is 4.79 Å². The summed E-state index contributed by atoms with van der Waals surface area (Å²) in [4.78, 5) is 19.0. The third kappa shape index (κ3) is 3.20. The molecule has 0 unspecified atom stereocenters.